The fourth-order valence-corrected chi connectivity index (χ4v) is 3.20. The molecule has 1 saturated carbocycles. The van der Waals surface area contributed by atoms with Crippen LogP contribution in [-0.4, -0.2) is 0 Å². The van der Waals surface area contributed by atoms with E-state index in [1.807, 2.05) is 0 Å². The zero-order valence-corrected chi connectivity index (χ0v) is 11.3. The molecule has 0 unspecified atom stereocenters. The molecule has 1 fully saturated rings. The van der Waals surface area contributed by atoms with E-state index in [-0.39, 0.29) is 6.15 Å². The van der Waals surface area contributed by atoms with Crippen LogP contribution in [-0.2, 0) is 0 Å². The molecule has 1 aliphatic carbocycles. The molecule has 1 heteroatoms. The van der Waals surface area contributed by atoms with Gasteiger partial charge in [-0.15, -0.1) is 0 Å². The Hall–Kier alpha value is -1.34. The van der Waals surface area contributed by atoms with Gasteiger partial charge in [-0.1, -0.05) is 61.2 Å². The van der Waals surface area contributed by atoms with Crippen LogP contribution in [0, 0.1) is 6.92 Å². The van der Waals surface area contributed by atoms with Crippen molar-refractivity contribution in [2.75, 3.05) is 0 Å². The monoisotopic (exact) mass is 241 g/mol. The summed E-state index contributed by atoms with van der Waals surface area (Å²) in [6, 6.07) is 13.7. The van der Waals surface area contributed by atoms with Crippen molar-refractivity contribution in [2.45, 2.75) is 44.9 Å². The van der Waals surface area contributed by atoms with Crippen molar-refractivity contribution in [3.63, 3.8) is 0 Å². The Morgan fingerprint density at radius 2 is 1.72 bits per heavy atom. The minimum atomic E-state index is 0. The van der Waals surface area contributed by atoms with E-state index in [1.165, 1.54) is 48.4 Å². The maximum atomic E-state index is 2.34. The average molecular weight is 241 g/mol. The van der Waals surface area contributed by atoms with Crippen LogP contribution in [0.25, 0.3) is 10.8 Å². The van der Waals surface area contributed by atoms with E-state index in [1.54, 1.807) is 5.56 Å². The van der Waals surface area contributed by atoms with Gasteiger partial charge >= 0.3 is 0 Å². The first-order valence-corrected chi connectivity index (χ1v) is 6.84. The van der Waals surface area contributed by atoms with Gasteiger partial charge in [-0.25, -0.2) is 0 Å². The first-order valence-electron chi connectivity index (χ1n) is 6.84. The van der Waals surface area contributed by atoms with E-state index in [2.05, 4.69) is 43.3 Å². The lowest BCUT2D eigenvalue weighted by atomic mass is 9.82. The molecule has 3 rings (SSSR count). The van der Waals surface area contributed by atoms with E-state index in [0.717, 1.165) is 5.92 Å². The van der Waals surface area contributed by atoms with Gasteiger partial charge in [0.25, 0.3) is 0 Å². The van der Waals surface area contributed by atoms with Gasteiger partial charge in [0, 0.05) is 0 Å². The second-order valence-electron chi connectivity index (χ2n) is 5.41. The highest BCUT2D eigenvalue weighted by molar-refractivity contribution is 5.86. The van der Waals surface area contributed by atoms with E-state index in [9.17, 15) is 0 Å². The summed E-state index contributed by atoms with van der Waals surface area (Å²) < 4.78 is 0. The van der Waals surface area contributed by atoms with Crippen LogP contribution >= 0.6 is 0 Å². The SMILES string of the molecule is Cc1ccc2c(C3CCCCC3)cccc2c1.N. The van der Waals surface area contributed by atoms with Crippen molar-refractivity contribution in [2.24, 2.45) is 0 Å². The van der Waals surface area contributed by atoms with Crippen molar-refractivity contribution in [3.8, 4) is 0 Å². The Kier molecular flexibility index (Phi) is 4.03. The highest BCUT2D eigenvalue weighted by Crippen LogP contribution is 2.36. The highest BCUT2D eigenvalue weighted by atomic mass is 14.2. The number of fused-ring (bicyclic) bond motifs is 1. The van der Waals surface area contributed by atoms with Gasteiger partial charge in [0.1, 0.15) is 0 Å². The minimum Gasteiger partial charge on any atom is -0.344 e. The molecule has 0 heterocycles. The van der Waals surface area contributed by atoms with Crippen molar-refractivity contribution in [3.05, 3.63) is 47.5 Å². The van der Waals surface area contributed by atoms with Gasteiger partial charge in [0.15, 0.2) is 0 Å². The molecule has 0 radical (unpaired) electrons. The van der Waals surface area contributed by atoms with Crippen molar-refractivity contribution in [1.29, 1.82) is 0 Å². The molecule has 0 aromatic heterocycles. The molecule has 2 aromatic rings. The molecule has 0 spiro atoms. The highest BCUT2D eigenvalue weighted by Gasteiger charge is 2.17. The summed E-state index contributed by atoms with van der Waals surface area (Å²) >= 11 is 0. The molecule has 96 valence electrons. The van der Waals surface area contributed by atoms with Crippen LogP contribution in [0.15, 0.2) is 36.4 Å². The van der Waals surface area contributed by atoms with Crippen LogP contribution in [0.5, 0.6) is 0 Å². The van der Waals surface area contributed by atoms with Crippen molar-refractivity contribution >= 4 is 10.8 Å². The Morgan fingerprint density at radius 3 is 2.50 bits per heavy atom. The second-order valence-corrected chi connectivity index (χ2v) is 5.41. The fourth-order valence-electron chi connectivity index (χ4n) is 3.20. The van der Waals surface area contributed by atoms with Gasteiger partial charge in [0.2, 0.25) is 0 Å². The third-order valence-corrected chi connectivity index (χ3v) is 4.11. The molecule has 0 aliphatic heterocycles. The Labute approximate surface area is 110 Å². The largest absolute Gasteiger partial charge is 0.344 e. The number of aryl methyl sites for hydroxylation is 1. The summed E-state index contributed by atoms with van der Waals surface area (Å²) in [6.07, 6.45) is 7.01. The van der Waals surface area contributed by atoms with E-state index < -0.39 is 0 Å². The van der Waals surface area contributed by atoms with Crippen molar-refractivity contribution in [1.82, 2.24) is 6.15 Å². The number of benzene rings is 2. The Bertz CT molecular complexity index is 524. The van der Waals surface area contributed by atoms with Gasteiger partial charge in [-0.05, 0) is 42.0 Å². The van der Waals surface area contributed by atoms with Crippen LogP contribution in [0.2, 0.25) is 0 Å². The lowest BCUT2D eigenvalue weighted by molar-refractivity contribution is 0.445. The van der Waals surface area contributed by atoms with Gasteiger partial charge in [-0.3, -0.25) is 0 Å². The zero-order valence-electron chi connectivity index (χ0n) is 11.3. The number of hydrogen-bond donors (Lipinski definition) is 1. The normalized spacial score (nSPS) is 16.5. The first-order chi connectivity index (χ1) is 8.34. The summed E-state index contributed by atoms with van der Waals surface area (Å²) in [5.41, 5.74) is 2.94. The maximum Gasteiger partial charge on any atom is -0.0149 e. The molecule has 3 N–H and O–H groups in total. The molecular weight excluding hydrogens is 218 g/mol. The smallest absolute Gasteiger partial charge is 0.0149 e. The number of rotatable bonds is 1. The van der Waals surface area contributed by atoms with E-state index in [0.29, 0.717) is 0 Å². The van der Waals surface area contributed by atoms with Crippen LogP contribution in [0.4, 0.5) is 0 Å². The zero-order chi connectivity index (χ0) is 11.7. The molecule has 1 nitrogen and oxygen atoms in total. The van der Waals surface area contributed by atoms with Gasteiger partial charge < -0.3 is 6.15 Å². The topological polar surface area (TPSA) is 35.0 Å². The van der Waals surface area contributed by atoms with E-state index in [4.69, 9.17) is 0 Å². The summed E-state index contributed by atoms with van der Waals surface area (Å²) in [5, 5.41) is 2.89. The molecule has 0 bridgehead atoms. The quantitative estimate of drug-likeness (QED) is 0.716. The van der Waals surface area contributed by atoms with Crippen LogP contribution in [0.1, 0.15) is 49.1 Å². The van der Waals surface area contributed by atoms with E-state index >= 15 is 0 Å². The summed E-state index contributed by atoms with van der Waals surface area (Å²) in [5.74, 6) is 0.801. The third kappa shape index (κ3) is 2.41. The predicted octanol–water partition coefficient (Wildman–Crippen LogP) is 5.36. The molecular formula is C17H23N. The third-order valence-electron chi connectivity index (χ3n) is 4.11. The fraction of sp³-hybridized carbons (Fsp3) is 0.412. The predicted molar refractivity (Wildman–Crippen MR) is 79.5 cm³/mol. The van der Waals surface area contributed by atoms with Crippen LogP contribution in [0.3, 0.4) is 0 Å². The first kappa shape index (κ1) is 13.1. The second kappa shape index (κ2) is 5.53. The lowest BCUT2D eigenvalue weighted by Gasteiger charge is -2.23. The average Bonchev–Trinajstić information content (AvgIpc) is 2.39. The van der Waals surface area contributed by atoms with Gasteiger partial charge in [0.05, 0.1) is 0 Å². The Balaban J connectivity index is 0.00000120. The molecule has 0 amide bonds. The molecule has 0 atom stereocenters. The molecule has 1 aliphatic rings. The maximum absolute atomic E-state index is 2.34. The molecule has 0 saturated heterocycles. The Morgan fingerprint density at radius 1 is 0.944 bits per heavy atom. The lowest BCUT2D eigenvalue weighted by Crippen LogP contribution is -2.04. The summed E-state index contributed by atoms with van der Waals surface area (Å²) in [6.45, 7) is 2.17. The minimum absolute atomic E-state index is 0. The number of hydrogen-bond acceptors (Lipinski definition) is 1. The standard InChI is InChI=1S/C17H20.H3N/c1-13-10-11-17-15(12-13)8-5-9-16(17)14-6-3-2-4-7-14;/h5,8-12,14H,2-4,6-7H2,1H3;1H3. The molecule has 2 aromatic carbocycles. The van der Waals surface area contributed by atoms with Crippen LogP contribution < -0.4 is 6.15 Å². The summed E-state index contributed by atoms with van der Waals surface area (Å²) in [4.78, 5) is 0. The van der Waals surface area contributed by atoms with Gasteiger partial charge in [-0.2, -0.15) is 0 Å². The summed E-state index contributed by atoms with van der Waals surface area (Å²) in [7, 11) is 0. The van der Waals surface area contributed by atoms with Crippen molar-refractivity contribution < 1.29 is 0 Å². The molecule has 18 heavy (non-hydrogen) atoms.